The topological polar surface area (TPSA) is 55.6 Å². The second kappa shape index (κ2) is 5.90. The Morgan fingerprint density at radius 2 is 1.79 bits per heavy atom. The lowest BCUT2D eigenvalue weighted by Crippen LogP contribution is -2.00. The number of fused-ring (bicyclic) bond motifs is 1. The summed E-state index contributed by atoms with van der Waals surface area (Å²) >= 11 is 5.92. The third-order valence-corrected chi connectivity index (χ3v) is 3.82. The Morgan fingerprint density at radius 3 is 2.58 bits per heavy atom. The van der Waals surface area contributed by atoms with Crippen molar-refractivity contribution in [2.75, 3.05) is 5.32 Å². The van der Waals surface area contributed by atoms with Crippen molar-refractivity contribution in [2.24, 2.45) is 0 Å². The molecule has 4 rings (SSSR count). The highest BCUT2D eigenvalue weighted by atomic mass is 35.5. The van der Waals surface area contributed by atoms with Gasteiger partial charge in [-0.2, -0.15) is 5.10 Å². The third kappa shape index (κ3) is 2.57. The van der Waals surface area contributed by atoms with E-state index in [9.17, 15) is 4.39 Å². The normalized spacial score (nSPS) is 10.9. The molecule has 4 aromatic rings. The summed E-state index contributed by atoms with van der Waals surface area (Å²) < 4.78 is 15.5. The van der Waals surface area contributed by atoms with Gasteiger partial charge in [0.25, 0.3) is 0 Å². The van der Waals surface area contributed by atoms with Crippen molar-refractivity contribution in [1.82, 2.24) is 19.7 Å². The Kier molecular flexibility index (Phi) is 3.59. The molecule has 0 saturated carbocycles. The van der Waals surface area contributed by atoms with Crippen molar-refractivity contribution >= 4 is 34.1 Å². The zero-order valence-electron chi connectivity index (χ0n) is 12.3. The first-order chi connectivity index (χ1) is 11.7. The molecule has 7 heteroatoms. The average molecular weight is 340 g/mol. The summed E-state index contributed by atoms with van der Waals surface area (Å²) in [4.78, 5) is 8.49. The van der Waals surface area contributed by atoms with Crippen molar-refractivity contribution in [1.29, 1.82) is 0 Å². The molecule has 1 N–H and O–H groups in total. The van der Waals surface area contributed by atoms with Gasteiger partial charge in [0, 0.05) is 5.02 Å². The van der Waals surface area contributed by atoms with Gasteiger partial charge in [0.15, 0.2) is 5.65 Å². The number of nitrogens with one attached hydrogen (secondary N) is 1. The molecule has 0 aliphatic carbocycles. The summed E-state index contributed by atoms with van der Waals surface area (Å²) in [5.74, 6) is 0.139. The molecule has 0 radical (unpaired) electrons. The fraction of sp³-hybridized carbons (Fsp3) is 0. The highest BCUT2D eigenvalue weighted by Gasteiger charge is 2.12. The van der Waals surface area contributed by atoms with E-state index in [0.29, 0.717) is 27.6 Å². The summed E-state index contributed by atoms with van der Waals surface area (Å²) in [7, 11) is 0. The van der Waals surface area contributed by atoms with Crippen molar-refractivity contribution in [3.63, 3.8) is 0 Å². The van der Waals surface area contributed by atoms with Crippen LogP contribution in [0.5, 0.6) is 0 Å². The number of nitrogens with zero attached hydrogens (tertiary/aromatic N) is 4. The maximum absolute atomic E-state index is 13.8. The molecule has 0 unspecified atom stereocenters. The summed E-state index contributed by atoms with van der Waals surface area (Å²) in [5.41, 5.74) is 1.79. The lowest BCUT2D eigenvalue weighted by Gasteiger charge is -2.07. The van der Waals surface area contributed by atoms with Crippen LogP contribution in [-0.2, 0) is 0 Å². The van der Waals surface area contributed by atoms with Crippen LogP contribution < -0.4 is 5.32 Å². The van der Waals surface area contributed by atoms with Gasteiger partial charge >= 0.3 is 0 Å². The van der Waals surface area contributed by atoms with Gasteiger partial charge in [-0.05, 0) is 36.4 Å². The number of anilines is 2. The number of aromatic nitrogens is 4. The van der Waals surface area contributed by atoms with Crippen LogP contribution in [0.15, 0.2) is 61.1 Å². The summed E-state index contributed by atoms with van der Waals surface area (Å²) in [6.07, 6.45) is 3.06. The molecule has 2 aromatic heterocycles. The van der Waals surface area contributed by atoms with Crippen LogP contribution in [0.25, 0.3) is 16.7 Å². The van der Waals surface area contributed by atoms with Crippen LogP contribution in [0, 0.1) is 5.82 Å². The second-order valence-corrected chi connectivity index (χ2v) is 5.53. The standard InChI is InChI=1S/C17H11ClFN5/c18-11-5-7-12(8-6-11)24-17-13(9-22-24)16(20-10-21-17)23-15-4-2-1-3-14(15)19/h1-10H,(H,20,21,23). The van der Waals surface area contributed by atoms with Gasteiger partial charge in [-0.25, -0.2) is 19.0 Å². The number of halogens is 2. The molecule has 2 aromatic carbocycles. The van der Waals surface area contributed by atoms with Crippen LogP contribution in [0.3, 0.4) is 0 Å². The van der Waals surface area contributed by atoms with Crippen LogP contribution in [0.2, 0.25) is 5.02 Å². The van der Waals surface area contributed by atoms with Crippen molar-refractivity contribution in [3.8, 4) is 5.69 Å². The smallest absolute Gasteiger partial charge is 0.168 e. The number of rotatable bonds is 3. The Morgan fingerprint density at radius 1 is 1.00 bits per heavy atom. The lowest BCUT2D eigenvalue weighted by molar-refractivity contribution is 0.632. The van der Waals surface area contributed by atoms with Crippen LogP contribution in [0.1, 0.15) is 0 Å². The zero-order chi connectivity index (χ0) is 16.5. The number of benzene rings is 2. The zero-order valence-corrected chi connectivity index (χ0v) is 13.1. The van der Waals surface area contributed by atoms with E-state index in [2.05, 4.69) is 20.4 Å². The lowest BCUT2D eigenvalue weighted by atomic mass is 10.3. The minimum atomic E-state index is -0.352. The molecule has 2 heterocycles. The highest BCUT2D eigenvalue weighted by molar-refractivity contribution is 6.30. The van der Waals surface area contributed by atoms with E-state index < -0.39 is 0 Å². The molecular formula is C17H11ClFN5. The molecule has 0 fully saturated rings. The van der Waals surface area contributed by atoms with Gasteiger partial charge in [0.2, 0.25) is 0 Å². The van der Waals surface area contributed by atoms with Gasteiger partial charge in [-0.1, -0.05) is 23.7 Å². The molecule has 0 amide bonds. The summed E-state index contributed by atoms with van der Waals surface area (Å²) in [5, 5.41) is 8.68. The second-order valence-electron chi connectivity index (χ2n) is 5.10. The Labute approximate surface area is 141 Å². The van der Waals surface area contributed by atoms with E-state index >= 15 is 0 Å². The first-order valence-electron chi connectivity index (χ1n) is 7.18. The predicted molar refractivity (Wildman–Crippen MR) is 91.4 cm³/mol. The van der Waals surface area contributed by atoms with E-state index in [1.54, 1.807) is 41.2 Å². The predicted octanol–water partition coefficient (Wildman–Crippen LogP) is 4.35. The molecule has 0 atom stereocenters. The molecule has 0 saturated heterocycles. The minimum Gasteiger partial charge on any atom is -0.337 e. The molecule has 24 heavy (non-hydrogen) atoms. The molecule has 0 aliphatic rings. The number of hydrogen-bond acceptors (Lipinski definition) is 4. The van der Waals surface area contributed by atoms with Gasteiger partial charge in [0.1, 0.15) is 18.0 Å². The van der Waals surface area contributed by atoms with Crippen LogP contribution >= 0.6 is 11.6 Å². The monoisotopic (exact) mass is 339 g/mol. The Hall–Kier alpha value is -2.99. The Balaban J connectivity index is 1.79. The van der Waals surface area contributed by atoms with E-state index in [1.165, 1.54) is 12.4 Å². The maximum atomic E-state index is 13.8. The number of hydrogen-bond donors (Lipinski definition) is 1. The van der Waals surface area contributed by atoms with E-state index in [-0.39, 0.29) is 5.82 Å². The van der Waals surface area contributed by atoms with Crippen molar-refractivity contribution < 1.29 is 4.39 Å². The highest BCUT2D eigenvalue weighted by Crippen LogP contribution is 2.26. The van der Waals surface area contributed by atoms with E-state index in [4.69, 9.17) is 11.6 Å². The van der Waals surface area contributed by atoms with E-state index in [1.807, 2.05) is 12.1 Å². The molecule has 0 spiro atoms. The fourth-order valence-electron chi connectivity index (χ4n) is 2.41. The quantitative estimate of drug-likeness (QED) is 0.603. The average Bonchev–Trinajstić information content (AvgIpc) is 3.03. The van der Waals surface area contributed by atoms with Crippen molar-refractivity contribution in [3.05, 3.63) is 71.9 Å². The molecular weight excluding hydrogens is 329 g/mol. The van der Waals surface area contributed by atoms with Crippen molar-refractivity contribution in [2.45, 2.75) is 0 Å². The summed E-state index contributed by atoms with van der Waals surface area (Å²) in [6, 6.07) is 13.7. The molecule has 0 aliphatic heterocycles. The first-order valence-corrected chi connectivity index (χ1v) is 7.56. The van der Waals surface area contributed by atoms with Gasteiger partial charge in [-0.15, -0.1) is 0 Å². The van der Waals surface area contributed by atoms with Gasteiger partial charge in [0.05, 0.1) is 23.0 Å². The Bertz CT molecular complexity index is 1010. The van der Waals surface area contributed by atoms with Gasteiger partial charge in [-0.3, -0.25) is 0 Å². The number of para-hydroxylation sites is 1. The first kappa shape index (κ1) is 14.6. The third-order valence-electron chi connectivity index (χ3n) is 3.56. The van der Waals surface area contributed by atoms with Crippen LogP contribution in [0.4, 0.5) is 15.9 Å². The van der Waals surface area contributed by atoms with Gasteiger partial charge < -0.3 is 5.32 Å². The SMILES string of the molecule is Fc1ccccc1Nc1ncnc2c1cnn2-c1ccc(Cl)cc1. The fourth-order valence-corrected chi connectivity index (χ4v) is 2.53. The largest absolute Gasteiger partial charge is 0.337 e. The summed E-state index contributed by atoms with van der Waals surface area (Å²) in [6.45, 7) is 0. The molecule has 118 valence electrons. The minimum absolute atomic E-state index is 0.344. The van der Waals surface area contributed by atoms with E-state index in [0.717, 1.165) is 5.69 Å². The maximum Gasteiger partial charge on any atom is 0.168 e. The molecule has 5 nitrogen and oxygen atoms in total. The van der Waals surface area contributed by atoms with Crippen LogP contribution in [-0.4, -0.2) is 19.7 Å². The molecule has 0 bridgehead atoms.